The lowest BCUT2D eigenvalue weighted by atomic mass is 9.84. The van der Waals surface area contributed by atoms with Crippen LogP contribution in [0.25, 0.3) is 0 Å². The predicted octanol–water partition coefficient (Wildman–Crippen LogP) is 3.56. The van der Waals surface area contributed by atoms with E-state index in [1.165, 1.54) is 11.9 Å². The van der Waals surface area contributed by atoms with Crippen molar-refractivity contribution in [1.82, 2.24) is 9.80 Å². The van der Waals surface area contributed by atoms with Gasteiger partial charge in [-0.2, -0.15) is 13.2 Å². The standard InChI is InChI=1S/C18H25F3N2O/c1-14(2)11-22(3)16(24)17(18(19,20)21)9-10-23(13-17)12-15-7-5-4-6-8-15/h4-8,14H,9-13H2,1-3H3. The summed E-state index contributed by atoms with van der Waals surface area (Å²) in [5, 5.41) is 0. The van der Waals surface area contributed by atoms with Gasteiger partial charge in [-0.1, -0.05) is 44.2 Å². The van der Waals surface area contributed by atoms with Gasteiger partial charge >= 0.3 is 6.18 Å². The molecule has 2 rings (SSSR count). The first-order valence-electron chi connectivity index (χ1n) is 8.24. The van der Waals surface area contributed by atoms with E-state index in [1.54, 1.807) is 4.90 Å². The highest BCUT2D eigenvalue weighted by atomic mass is 19.4. The van der Waals surface area contributed by atoms with E-state index in [2.05, 4.69) is 0 Å². The Hall–Kier alpha value is -1.56. The summed E-state index contributed by atoms with van der Waals surface area (Å²) in [6.07, 6.45) is -4.72. The van der Waals surface area contributed by atoms with Crippen LogP contribution in [0, 0.1) is 11.3 Å². The Morgan fingerprint density at radius 2 is 1.92 bits per heavy atom. The van der Waals surface area contributed by atoms with Crippen LogP contribution in [0.2, 0.25) is 0 Å². The van der Waals surface area contributed by atoms with Crippen LogP contribution in [0.15, 0.2) is 30.3 Å². The number of rotatable bonds is 5. The molecule has 1 aromatic rings. The molecule has 3 nitrogen and oxygen atoms in total. The summed E-state index contributed by atoms with van der Waals surface area (Å²) in [6, 6.07) is 9.38. The first kappa shape index (κ1) is 18.8. The first-order valence-corrected chi connectivity index (χ1v) is 8.24. The summed E-state index contributed by atoms with van der Waals surface area (Å²) in [5.41, 5.74) is -1.33. The first-order chi connectivity index (χ1) is 11.2. The molecule has 1 saturated heterocycles. The smallest absolute Gasteiger partial charge is 0.345 e. The van der Waals surface area contributed by atoms with Gasteiger partial charge in [-0.15, -0.1) is 0 Å². The van der Waals surface area contributed by atoms with Crippen LogP contribution in [-0.2, 0) is 11.3 Å². The van der Waals surface area contributed by atoms with E-state index in [1.807, 2.05) is 44.2 Å². The summed E-state index contributed by atoms with van der Waals surface area (Å²) >= 11 is 0. The zero-order valence-electron chi connectivity index (χ0n) is 14.4. The molecular formula is C18H25F3N2O. The summed E-state index contributed by atoms with van der Waals surface area (Å²) in [4.78, 5) is 15.6. The highest BCUT2D eigenvalue weighted by Gasteiger charge is 2.63. The topological polar surface area (TPSA) is 23.6 Å². The van der Waals surface area contributed by atoms with Gasteiger partial charge in [0.25, 0.3) is 0 Å². The monoisotopic (exact) mass is 342 g/mol. The lowest BCUT2D eigenvalue weighted by Gasteiger charge is -2.35. The van der Waals surface area contributed by atoms with Crippen molar-refractivity contribution in [1.29, 1.82) is 0 Å². The second-order valence-corrected chi connectivity index (χ2v) is 7.11. The van der Waals surface area contributed by atoms with E-state index in [0.717, 1.165) is 5.56 Å². The molecule has 1 aliphatic heterocycles. The summed E-state index contributed by atoms with van der Waals surface area (Å²) < 4.78 is 41.4. The van der Waals surface area contributed by atoms with Crippen molar-refractivity contribution in [3.63, 3.8) is 0 Å². The molecule has 1 fully saturated rings. The minimum Gasteiger partial charge on any atom is -0.345 e. The third-order valence-corrected chi connectivity index (χ3v) is 4.54. The number of halogens is 3. The van der Waals surface area contributed by atoms with Crippen LogP contribution < -0.4 is 0 Å². The van der Waals surface area contributed by atoms with E-state index < -0.39 is 17.5 Å². The van der Waals surface area contributed by atoms with E-state index >= 15 is 0 Å². The molecule has 1 amide bonds. The molecule has 1 aromatic carbocycles. The van der Waals surface area contributed by atoms with Gasteiger partial charge in [0.15, 0.2) is 5.41 Å². The quantitative estimate of drug-likeness (QED) is 0.817. The van der Waals surface area contributed by atoms with E-state index in [9.17, 15) is 18.0 Å². The van der Waals surface area contributed by atoms with Crippen LogP contribution in [0.5, 0.6) is 0 Å². The predicted molar refractivity (Wildman–Crippen MR) is 87.3 cm³/mol. The van der Waals surface area contributed by atoms with Crippen LogP contribution in [0.4, 0.5) is 13.2 Å². The van der Waals surface area contributed by atoms with Gasteiger partial charge in [-0.3, -0.25) is 9.69 Å². The fraction of sp³-hybridized carbons (Fsp3) is 0.611. The van der Waals surface area contributed by atoms with E-state index in [0.29, 0.717) is 13.1 Å². The molecule has 1 heterocycles. The van der Waals surface area contributed by atoms with Crippen molar-refractivity contribution in [3.05, 3.63) is 35.9 Å². The Balaban J connectivity index is 2.17. The lowest BCUT2D eigenvalue weighted by Crippen LogP contribution is -2.53. The number of carbonyl (C=O) groups is 1. The van der Waals surface area contributed by atoms with Crippen molar-refractivity contribution in [2.75, 3.05) is 26.7 Å². The largest absolute Gasteiger partial charge is 0.404 e. The van der Waals surface area contributed by atoms with E-state index in [-0.39, 0.29) is 25.4 Å². The number of hydrogen-bond acceptors (Lipinski definition) is 2. The Labute approximate surface area is 141 Å². The maximum absolute atomic E-state index is 13.8. The minimum absolute atomic E-state index is 0.131. The molecule has 0 N–H and O–H groups in total. The van der Waals surface area contributed by atoms with Gasteiger partial charge in [-0.25, -0.2) is 0 Å². The molecule has 6 heteroatoms. The molecule has 0 saturated carbocycles. The zero-order chi connectivity index (χ0) is 18.0. The van der Waals surface area contributed by atoms with Gasteiger partial charge in [-0.05, 0) is 24.4 Å². The number of nitrogens with zero attached hydrogens (tertiary/aromatic N) is 2. The van der Waals surface area contributed by atoms with Crippen LogP contribution in [0.3, 0.4) is 0 Å². The summed E-state index contributed by atoms with van der Waals surface area (Å²) in [5.74, 6) is -0.676. The minimum atomic E-state index is -4.54. The fourth-order valence-electron chi connectivity index (χ4n) is 3.39. The molecule has 0 aliphatic carbocycles. The summed E-state index contributed by atoms with van der Waals surface area (Å²) in [7, 11) is 1.47. The molecular weight excluding hydrogens is 317 g/mol. The maximum Gasteiger partial charge on any atom is 0.404 e. The number of amides is 1. The Morgan fingerprint density at radius 1 is 1.29 bits per heavy atom. The maximum atomic E-state index is 13.8. The second kappa shape index (κ2) is 7.13. The van der Waals surface area contributed by atoms with Gasteiger partial charge in [0.1, 0.15) is 0 Å². The molecule has 134 valence electrons. The molecule has 1 aliphatic rings. The zero-order valence-corrected chi connectivity index (χ0v) is 14.4. The summed E-state index contributed by atoms with van der Waals surface area (Å²) in [6.45, 7) is 4.54. The van der Waals surface area contributed by atoms with E-state index in [4.69, 9.17) is 0 Å². The molecule has 0 bridgehead atoms. The fourth-order valence-corrected chi connectivity index (χ4v) is 3.39. The van der Waals surface area contributed by atoms with Crippen LogP contribution in [0.1, 0.15) is 25.8 Å². The molecule has 0 radical (unpaired) electrons. The number of likely N-dealkylation sites (tertiary alicyclic amines) is 1. The van der Waals surface area contributed by atoms with Gasteiger partial charge in [0, 0.05) is 26.7 Å². The average molecular weight is 342 g/mol. The SMILES string of the molecule is CC(C)CN(C)C(=O)C1(C(F)(F)F)CCN(Cc2ccccc2)C1. The molecule has 0 spiro atoms. The van der Waals surface area contributed by atoms with Crippen molar-refractivity contribution >= 4 is 5.91 Å². The van der Waals surface area contributed by atoms with Gasteiger partial charge in [0.2, 0.25) is 5.91 Å². The second-order valence-electron chi connectivity index (χ2n) is 7.11. The van der Waals surface area contributed by atoms with Gasteiger partial charge < -0.3 is 4.90 Å². The Morgan fingerprint density at radius 3 is 2.46 bits per heavy atom. The normalized spacial score (nSPS) is 22.1. The number of alkyl halides is 3. The van der Waals surface area contributed by atoms with Crippen LogP contribution >= 0.6 is 0 Å². The molecule has 0 aromatic heterocycles. The number of benzene rings is 1. The van der Waals surface area contributed by atoms with Crippen molar-refractivity contribution in [2.24, 2.45) is 11.3 Å². The highest BCUT2D eigenvalue weighted by Crippen LogP contribution is 2.47. The number of hydrogen-bond donors (Lipinski definition) is 0. The molecule has 1 unspecified atom stereocenters. The van der Waals surface area contributed by atoms with Crippen molar-refractivity contribution < 1.29 is 18.0 Å². The number of carbonyl (C=O) groups excluding carboxylic acids is 1. The average Bonchev–Trinajstić information content (AvgIpc) is 2.91. The molecule has 24 heavy (non-hydrogen) atoms. The third kappa shape index (κ3) is 3.91. The lowest BCUT2D eigenvalue weighted by molar-refractivity contribution is -0.223. The van der Waals surface area contributed by atoms with Crippen LogP contribution in [-0.4, -0.2) is 48.6 Å². The Bertz CT molecular complexity index is 559. The Kier molecular flexibility index (Phi) is 5.58. The molecule has 1 atom stereocenters. The van der Waals surface area contributed by atoms with Crippen molar-refractivity contribution in [2.45, 2.75) is 33.0 Å². The van der Waals surface area contributed by atoms with Crippen molar-refractivity contribution in [3.8, 4) is 0 Å². The van der Waals surface area contributed by atoms with Gasteiger partial charge in [0.05, 0.1) is 0 Å². The highest BCUT2D eigenvalue weighted by molar-refractivity contribution is 5.84. The third-order valence-electron chi connectivity index (χ3n) is 4.54.